The standard InChI is InChI=1S/C13H22N2/c1-3-14-9-10-15-11-12(2)13-7-5-4-6-8-13/h4-8,12,14-15H,3,9-11H2,1-2H3. The van der Waals surface area contributed by atoms with E-state index in [1.807, 2.05) is 0 Å². The number of nitrogens with one attached hydrogen (secondary N) is 2. The van der Waals surface area contributed by atoms with Crippen LogP contribution in [0.3, 0.4) is 0 Å². The molecule has 2 N–H and O–H groups in total. The van der Waals surface area contributed by atoms with Crippen molar-refractivity contribution in [3.8, 4) is 0 Å². The van der Waals surface area contributed by atoms with Crippen LogP contribution >= 0.6 is 0 Å². The van der Waals surface area contributed by atoms with Gasteiger partial charge in [0, 0.05) is 19.6 Å². The molecule has 1 aromatic carbocycles. The molecule has 84 valence electrons. The third-order valence-electron chi connectivity index (χ3n) is 2.55. The summed E-state index contributed by atoms with van der Waals surface area (Å²) in [6, 6.07) is 10.6. The predicted octanol–water partition coefficient (Wildman–Crippen LogP) is 1.99. The van der Waals surface area contributed by atoms with E-state index in [1.165, 1.54) is 5.56 Å². The lowest BCUT2D eigenvalue weighted by molar-refractivity contribution is 0.586. The lowest BCUT2D eigenvalue weighted by Crippen LogP contribution is -2.29. The molecule has 0 aliphatic carbocycles. The molecule has 0 radical (unpaired) electrons. The Bertz CT molecular complexity index is 246. The fraction of sp³-hybridized carbons (Fsp3) is 0.538. The van der Waals surface area contributed by atoms with E-state index < -0.39 is 0 Å². The Balaban J connectivity index is 2.16. The predicted molar refractivity (Wildman–Crippen MR) is 66.3 cm³/mol. The zero-order chi connectivity index (χ0) is 10.9. The fourth-order valence-corrected chi connectivity index (χ4v) is 1.57. The van der Waals surface area contributed by atoms with Crippen LogP contribution in [-0.2, 0) is 0 Å². The largest absolute Gasteiger partial charge is 0.316 e. The second-order valence-corrected chi connectivity index (χ2v) is 3.87. The molecule has 0 amide bonds. The maximum atomic E-state index is 3.46. The molecule has 0 saturated carbocycles. The maximum absolute atomic E-state index is 3.46. The quantitative estimate of drug-likeness (QED) is 0.667. The van der Waals surface area contributed by atoms with Crippen LogP contribution in [-0.4, -0.2) is 26.2 Å². The van der Waals surface area contributed by atoms with Crippen LogP contribution in [0.15, 0.2) is 30.3 Å². The summed E-state index contributed by atoms with van der Waals surface area (Å²) >= 11 is 0. The summed E-state index contributed by atoms with van der Waals surface area (Å²) in [5, 5.41) is 6.76. The average Bonchev–Trinajstić information content (AvgIpc) is 2.30. The van der Waals surface area contributed by atoms with Crippen LogP contribution in [0.5, 0.6) is 0 Å². The molecule has 1 aromatic rings. The summed E-state index contributed by atoms with van der Waals surface area (Å²) in [5.41, 5.74) is 1.41. The van der Waals surface area contributed by atoms with E-state index >= 15 is 0 Å². The van der Waals surface area contributed by atoms with Crippen molar-refractivity contribution in [3.05, 3.63) is 35.9 Å². The van der Waals surface area contributed by atoms with Gasteiger partial charge in [-0.1, -0.05) is 44.2 Å². The van der Waals surface area contributed by atoms with Crippen molar-refractivity contribution in [2.24, 2.45) is 0 Å². The van der Waals surface area contributed by atoms with E-state index in [0.29, 0.717) is 5.92 Å². The van der Waals surface area contributed by atoms with E-state index in [2.05, 4.69) is 54.8 Å². The number of hydrogen-bond acceptors (Lipinski definition) is 2. The van der Waals surface area contributed by atoms with Gasteiger partial charge in [-0.2, -0.15) is 0 Å². The lowest BCUT2D eigenvalue weighted by atomic mass is 10.0. The molecule has 1 atom stereocenters. The van der Waals surface area contributed by atoms with Crippen molar-refractivity contribution in [3.63, 3.8) is 0 Å². The van der Waals surface area contributed by atoms with E-state index in [-0.39, 0.29) is 0 Å². The van der Waals surface area contributed by atoms with Crippen LogP contribution in [0.4, 0.5) is 0 Å². The first-order chi connectivity index (χ1) is 7.34. The second-order valence-electron chi connectivity index (χ2n) is 3.87. The fourth-order valence-electron chi connectivity index (χ4n) is 1.57. The molecule has 1 unspecified atom stereocenters. The summed E-state index contributed by atoms with van der Waals surface area (Å²) in [5.74, 6) is 0.591. The van der Waals surface area contributed by atoms with Gasteiger partial charge in [-0.25, -0.2) is 0 Å². The normalized spacial score (nSPS) is 12.7. The van der Waals surface area contributed by atoms with Gasteiger partial charge in [0.1, 0.15) is 0 Å². The minimum atomic E-state index is 0.591. The molecule has 0 aliphatic rings. The van der Waals surface area contributed by atoms with Gasteiger partial charge < -0.3 is 10.6 Å². The molecule has 0 saturated heterocycles. The van der Waals surface area contributed by atoms with Crippen LogP contribution in [0.25, 0.3) is 0 Å². The Labute approximate surface area is 93.1 Å². The van der Waals surface area contributed by atoms with Crippen LogP contribution in [0, 0.1) is 0 Å². The summed E-state index contributed by atoms with van der Waals surface area (Å²) < 4.78 is 0. The lowest BCUT2D eigenvalue weighted by Gasteiger charge is -2.12. The number of benzene rings is 1. The Hall–Kier alpha value is -0.860. The number of likely N-dealkylation sites (N-methyl/N-ethyl adjacent to an activating group) is 1. The Morgan fingerprint density at radius 2 is 1.73 bits per heavy atom. The molecule has 0 bridgehead atoms. The van der Waals surface area contributed by atoms with Gasteiger partial charge in [-0.3, -0.25) is 0 Å². The minimum Gasteiger partial charge on any atom is -0.316 e. The van der Waals surface area contributed by atoms with Gasteiger partial charge in [-0.15, -0.1) is 0 Å². The Morgan fingerprint density at radius 1 is 1.07 bits per heavy atom. The molecule has 0 heterocycles. The molecule has 0 spiro atoms. The first kappa shape index (κ1) is 12.2. The molecule has 2 heteroatoms. The summed E-state index contributed by atoms with van der Waals surface area (Å²) in [6.45, 7) is 8.59. The third kappa shape index (κ3) is 4.96. The summed E-state index contributed by atoms with van der Waals surface area (Å²) in [6.07, 6.45) is 0. The third-order valence-corrected chi connectivity index (χ3v) is 2.55. The van der Waals surface area contributed by atoms with Crippen LogP contribution in [0.2, 0.25) is 0 Å². The first-order valence-corrected chi connectivity index (χ1v) is 5.81. The monoisotopic (exact) mass is 206 g/mol. The zero-order valence-corrected chi connectivity index (χ0v) is 9.79. The average molecular weight is 206 g/mol. The van der Waals surface area contributed by atoms with Crippen molar-refractivity contribution >= 4 is 0 Å². The Morgan fingerprint density at radius 3 is 2.40 bits per heavy atom. The highest BCUT2D eigenvalue weighted by Crippen LogP contribution is 2.12. The molecule has 0 aliphatic heterocycles. The molecule has 15 heavy (non-hydrogen) atoms. The van der Waals surface area contributed by atoms with Gasteiger partial charge in [0.15, 0.2) is 0 Å². The smallest absolute Gasteiger partial charge is 0.00769 e. The van der Waals surface area contributed by atoms with Gasteiger partial charge in [0.2, 0.25) is 0 Å². The first-order valence-electron chi connectivity index (χ1n) is 5.81. The molecule has 0 aromatic heterocycles. The number of rotatable bonds is 7. The molecule has 0 fully saturated rings. The maximum Gasteiger partial charge on any atom is 0.00769 e. The van der Waals surface area contributed by atoms with E-state index in [4.69, 9.17) is 0 Å². The minimum absolute atomic E-state index is 0.591. The highest BCUT2D eigenvalue weighted by atomic mass is 14.9. The van der Waals surface area contributed by atoms with Crippen LogP contribution in [0.1, 0.15) is 25.3 Å². The summed E-state index contributed by atoms with van der Waals surface area (Å²) in [7, 11) is 0. The SMILES string of the molecule is CCNCCNCC(C)c1ccccc1. The van der Waals surface area contributed by atoms with Crippen molar-refractivity contribution in [1.29, 1.82) is 0 Å². The summed E-state index contributed by atoms with van der Waals surface area (Å²) in [4.78, 5) is 0. The molecule has 1 rings (SSSR count). The molecular weight excluding hydrogens is 184 g/mol. The molecular formula is C13H22N2. The Kier molecular flexibility index (Phi) is 6.05. The highest BCUT2D eigenvalue weighted by molar-refractivity contribution is 5.18. The highest BCUT2D eigenvalue weighted by Gasteiger charge is 2.02. The van der Waals surface area contributed by atoms with Gasteiger partial charge in [0.05, 0.1) is 0 Å². The van der Waals surface area contributed by atoms with Crippen molar-refractivity contribution in [1.82, 2.24) is 10.6 Å². The zero-order valence-electron chi connectivity index (χ0n) is 9.79. The topological polar surface area (TPSA) is 24.1 Å². The number of hydrogen-bond donors (Lipinski definition) is 2. The van der Waals surface area contributed by atoms with Crippen molar-refractivity contribution in [2.45, 2.75) is 19.8 Å². The van der Waals surface area contributed by atoms with Gasteiger partial charge in [-0.05, 0) is 18.0 Å². The van der Waals surface area contributed by atoms with E-state index in [0.717, 1.165) is 26.2 Å². The van der Waals surface area contributed by atoms with Gasteiger partial charge >= 0.3 is 0 Å². The van der Waals surface area contributed by atoms with E-state index in [1.54, 1.807) is 0 Å². The molecule has 2 nitrogen and oxygen atoms in total. The van der Waals surface area contributed by atoms with Crippen LogP contribution < -0.4 is 10.6 Å². The van der Waals surface area contributed by atoms with Gasteiger partial charge in [0.25, 0.3) is 0 Å². The van der Waals surface area contributed by atoms with Crippen molar-refractivity contribution < 1.29 is 0 Å². The second kappa shape index (κ2) is 7.43. The van der Waals surface area contributed by atoms with Crippen molar-refractivity contribution in [2.75, 3.05) is 26.2 Å². The van der Waals surface area contributed by atoms with E-state index in [9.17, 15) is 0 Å².